The number of carbonyl (C=O) groups excluding carboxylic acids is 1. The Labute approximate surface area is 107 Å². The van der Waals surface area contributed by atoms with Gasteiger partial charge in [0.1, 0.15) is 17.6 Å². The second-order valence-corrected chi connectivity index (χ2v) is 4.09. The molecule has 6 nitrogen and oxygen atoms in total. The van der Waals surface area contributed by atoms with E-state index in [0.29, 0.717) is 16.5 Å². The number of fused-ring (bicyclic) bond motifs is 1. The Balaban J connectivity index is 2.44. The van der Waals surface area contributed by atoms with Gasteiger partial charge in [-0.1, -0.05) is 17.7 Å². The zero-order chi connectivity index (χ0) is 13.3. The van der Waals surface area contributed by atoms with Crippen LogP contribution in [0.15, 0.2) is 24.5 Å². The Morgan fingerprint density at radius 2 is 2.06 bits per heavy atom. The lowest BCUT2D eigenvalue weighted by Gasteiger charge is -2.15. The van der Waals surface area contributed by atoms with E-state index < -0.39 is 18.1 Å². The molecule has 2 rings (SSSR count). The van der Waals surface area contributed by atoms with Crippen LogP contribution in [-0.4, -0.2) is 32.2 Å². The topological polar surface area (TPSA) is 109 Å². The van der Waals surface area contributed by atoms with Crippen molar-refractivity contribution in [2.24, 2.45) is 5.73 Å². The summed E-state index contributed by atoms with van der Waals surface area (Å²) in [5.41, 5.74) is 5.74. The average Bonchev–Trinajstić information content (AvgIpc) is 2.36. The molecule has 2 aromatic rings. The molecule has 0 aliphatic carbocycles. The highest BCUT2D eigenvalue weighted by Crippen LogP contribution is 2.24. The number of rotatable bonds is 3. The van der Waals surface area contributed by atoms with Crippen LogP contribution >= 0.6 is 11.6 Å². The third kappa shape index (κ3) is 2.26. The molecule has 94 valence electrons. The molecule has 0 radical (unpaired) electrons. The number of nitrogens with two attached hydrogens (primary N) is 1. The third-order valence-electron chi connectivity index (χ3n) is 2.54. The Bertz CT molecular complexity index is 605. The van der Waals surface area contributed by atoms with Crippen LogP contribution in [0.4, 0.5) is 0 Å². The molecule has 1 heterocycles. The molecule has 0 spiro atoms. The summed E-state index contributed by atoms with van der Waals surface area (Å²) in [5.74, 6) is -0.997. The number of aromatic nitrogens is 2. The van der Waals surface area contributed by atoms with Crippen molar-refractivity contribution in [3.63, 3.8) is 0 Å². The minimum atomic E-state index is -1.67. The van der Waals surface area contributed by atoms with Gasteiger partial charge in [0, 0.05) is 5.39 Å². The Morgan fingerprint density at radius 3 is 2.72 bits per heavy atom. The third-order valence-corrected chi connectivity index (χ3v) is 2.85. The number of halogens is 1. The van der Waals surface area contributed by atoms with Gasteiger partial charge in [-0.3, -0.25) is 4.79 Å². The lowest BCUT2D eigenvalue weighted by Crippen LogP contribution is -2.33. The fraction of sp³-hybridized carbons (Fsp3) is 0.182. The summed E-state index contributed by atoms with van der Waals surface area (Å²) >= 11 is 5.86. The molecule has 0 saturated carbocycles. The Kier molecular flexibility index (Phi) is 3.42. The van der Waals surface area contributed by atoms with Gasteiger partial charge in [0.15, 0.2) is 6.10 Å². The lowest BCUT2D eigenvalue weighted by molar-refractivity contribution is -0.131. The molecule has 0 saturated heterocycles. The fourth-order valence-electron chi connectivity index (χ4n) is 1.56. The summed E-state index contributed by atoms with van der Waals surface area (Å²) in [6.45, 7) is 0. The maximum absolute atomic E-state index is 10.8. The highest BCUT2D eigenvalue weighted by atomic mass is 35.5. The van der Waals surface area contributed by atoms with Crippen LogP contribution in [0.3, 0.4) is 0 Å². The van der Waals surface area contributed by atoms with Crippen molar-refractivity contribution in [1.29, 1.82) is 0 Å². The first kappa shape index (κ1) is 12.7. The highest BCUT2D eigenvalue weighted by Gasteiger charge is 2.23. The van der Waals surface area contributed by atoms with Gasteiger partial charge in [-0.25, -0.2) is 9.97 Å². The molecule has 0 aliphatic heterocycles. The minimum Gasteiger partial charge on any atom is -0.385 e. The van der Waals surface area contributed by atoms with E-state index in [0.717, 1.165) is 0 Å². The number of nitrogens with zero attached hydrogens (tertiary/aromatic N) is 2. The maximum atomic E-state index is 10.8. The number of amides is 1. The zero-order valence-corrected chi connectivity index (χ0v) is 9.87. The normalized spacial score (nSPS) is 14.4. The average molecular weight is 268 g/mol. The molecule has 2 atom stereocenters. The second kappa shape index (κ2) is 4.85. The van der Waals surface area contributed by atoms with Gasteiger partial charge in [-0.15, -0.1) is 0 Å². The predicted octanol–water partition coefficient (Wildman–Crippen LogP) is 0.163. The van der Waals surface area contributed by atoms with Gasteiger partial charge in [0.25, 0.3) is 0 Å². The number of benzene rings is 1. The van der Waals surface area contributed by atoms with E-state index in [4.69, 9.17) is 17.3 Å². The van der Waals surface area contributed by atoms with Crippen molar-refractivity contribution in [2.75, 3.05) is 0 Å². The predicted molar refractivity (Wildman–Crippen MR) is 64.7 cm³/mol. The number of primary amides is 1. The quantitative estimate of drug-likeness (QED) is 0.687. The second-order valence-electron chi connectivity index (χ2n) is 3.73. The highest BCUT2D eigenvalue weighted by molar-refractivity contribution is 6.34. The summed E-state index contributed by atoms with van der Waals surface area (Å²) in [7, 11) is 0. The Morgan fingerprint density at radius 1 is 1.33 bits per heavy atom. The molecule has 1 aromatic heterocycles. The van der Waals surface area contributed by atoms with E-state index in [1.807, 2.05) is 0 Å². The van der Waals surface area contributed by atoms with Crippen LogP contribution in [0.5, 0.6) is 0 Å². The van der Waals surface area contributed by atoms with Crippen molar-refractivity contribution < 1.29 is 15.0 Å². The molecular weight excluding hydrogens is 258 g/mol. The molecule has 7 heteroatoms. The van der Waals surface area contributed by atoms with E-state index in [2.05, 4.69) is 9.97 Å². The van der Waals surface area contributed by atoms with Gasteiger partial charge in [-0.05, 0) is 17.7 Å². The molecule has 2 unspecified atom stereocenters. The van der Waals surface area contributed by atoms with Gasteiger partial charge < -0.3 is 15.9 Å². The van der Waals surface area contributed by atoms with E-state index in [1.54, 1.807) is 6.07 Å². The van der Waals surface area contributed by atoms with Gasteiger partial charge in [-0.2, -0.15) is 0 Å². The maximum Gasteiger partial charge on any atom is 0.249 e. The number of hydrogen-bond acceptors (Lipinski definition) is 5. The van der Waals surface area contributed by atoms with Crippen LogP contribution in [0, 0.1) is 0 Å². The molecule has 0 fully saturated rings. The summed E-state index contributed by atoms with van der Waals surface area (Å²) in [4.78, 5) is 18.6. The van der Waals surface area contributed by atoms with E-state index >= 15 is 0 Å². The molecule has 0 aliphatic rings. The minimum absolute atomic E-state index is 0.288. The smallest absolute Gasteiger partial charge is 0.249 e. The van der Waals surface area contributed by atoms with Crippen LogP contribution in [0.2, 0.25) is 5.15 Å². The monoisotopic (exact) mass is 267 g/mol. The molecular formula is C11H10ClN3O3. The van der Waals surface area contributed by atoms with Crippen LogP contribution in [0.25, 0.3) is 10.9 Å². The zero-order valence-electron chi connectivity index (χ0n) is 9.12. The number of aliphatic hydroxyl groups is 2. The summed E-state index contributed by atoms with van der Waals surface area (Å²) in [5, 5.41) is 20.1. The van der Waals surface area contributed by atoms with E-state index in [9.17, 15) is 15.0 Å². The number of carbonyl (C=O) groups is 1. The van der Waals surface area contributed by atoms with Crippen molar-refractivity contribution >= 4 is 28.4 Å². The summed E-state index contributed by atoms with van der Waals surface area (Å²) in [6.07, 6.45) is -1.79. The van der Waals surface area contributed by atoms with Crippen molar-refractivity contribution in [1.82, 2.24) is 9.97 Å². The van der Waals surface area contributed by atoms with Crippen molar-refractivity contribution in [2.45, 2.75) is 12.2 Å². The summed E-state index contributed by atoms with van der Waals surface area (Å²) in [6, 6.07) is 4.64. The van der Waals surface area contributed by atoms with Gasteiger partial charge in [0.2, 0.25) is 5.91 Å². The molecule has 0 bridgehead atoms. The number of hydrogen-bond donors (Lipinski definition) is 3. The van der Waals surface area contributed by atoms with Crippen molar-refractivity contribution in [3.8, 4) is 0 Å². The summed E-state index contributed by atoms with van der Waals surface area (Å²) < 4.78 is 0. The molecule has 1 aromatic carbocycles. The van der Waals surface area contributed by atoms with E-state index in [1.165, 1.54) is 18.5 Å². The largest absolute Gasteiger partial charge is 0.385 e. The molecule has 4 N–H and O–H groups in total. The first-order valence-corrected chi connectivity index (χ1v) is 5.44. The van der Waals surface area contributed by atoms with Crippen LogP contribution in [-0.2, 0) is 4.79 Å². The van der Waals surface area contributed by atoms with Crippen LogP contribution in [0.1, 0.15) is 11.7 Å². The van der Waals surface area contributed by atoms with Crippen LogP contribution < -0.4 is 5.73 Å². The van der Waals surface area contributed by atoms with Gasteiger partial charge >= 0.3 is 0 Å². The lowest BCUT2D eigenvalue weighted by atomic mass is 10.0. The van der Waals surface area contributed by atoms with Gasteiger partial charge in [0.05, 0.1) is 5.52 Å². The van der Waals surface area contributed by atoms with Crippen molar-refractivity contribution in [3.05, 3.63) is 35.2 Å². The first-order valence-electron chi connectivity index (χ1n) is 5.06. The van der Waals surface area contributed by atoms with E-state index in [-0.39, 0.29) is 5.15 Å². The molecule has 18 heavy (non-hydrogen) atoms. The number of aliphatic hydroxyl groups excluding tert-OH is 2. The fourth-order valence-corrected chi connectivity index (χ4v) is 1.77. The first-order chi connectivity index (χ1) is 8.50. The SMILES string of the molecule is NC(=O)C(O)C(O)c1ccc2c(Cl)ncnc2c1. The Hall–Kier alpha value is -1.76. The molecule has 1 amide bonds. The standard InChI is InChI=1S/C11H10ClN3O3/c12-10-6-2-1-5(3-7(6)14-4-15-10)8(16)9(17)11(13)18/h1-4,8-9,16-17H,(H2,13,18).